The normalized spacial score (nSPS) is 17.4. The molecule has 24 heavy (non-hydrogen) atoms. The lowest BCUT2D eigenvalue weighted by molar-refractivity contribution is 0.102. The third-order valence-corrected chi connectivity index (χ3v) is 4.50. The Bertz CT molecular complexity index is 680. The first kappa shape index (κ1) is 16.4. The van der Waals surface area contributed by atoms with E-state index in [4.69, 9.17) is 4.74 Å². The summed E-state index contributed by atoms with van der Waals surface area (Å²) in [4.78, 5) is 14.7. The van der Waals surface area contributed by atoms with Crippen molar-refractivity contribution in [3.8, 4) is 5.75 Å². The third-order valence-electron chi connectivity index (χ3n) is 4.50. The Kier molecular flexibility index (Phi) is 5.04. The first-order valence-electron chi connectivity index (χ1n) is 8.46. The Hall–Kier alpha value is -2.49. The number of piperidine rings is 1. The van der Waals surface area contributed by atoms with Crippen molar-refractivity contribution in [3.05, 3.63) is 54.1 Å². The molecule has 0 radical (unpaired) electrons. The number of amides is 1. The van der Waals surface area contributed by atoms with E-state index in [9.17, 15) is 4.79 Å². The van der Waals surface area contributed by atoms with Crippen LogP contribution in [0.4, 0.5) is 11.4 Å². The van der Waals surface area contributed by atoms with Crippen LogP contribution in [-0.2, 0) is 0 Å². The van der Waals surface area contributed by atoms with Gasteiger partial charge in [0.25, 0.3) is 5.91 Å². The molecule has 1 saturated heterocycles. The van der Waals surface area contributed by atoms with Crippen LogP contribution >= 0.6 is 0 Å². The van der Waals surface area contributed by atoms with Crippen LogP contribution < -0.4 is 15.0 Å². The molecular weight excluding hydrogens is 300 g/mol. The quantitative estimate of drug-likeness (QED) is 0.917. The van der Waals surface area contributed by atoms with Gasteiger partial charge in [0, 0.05) is 30.0 Å². The number of benzene rings is 2. The molecule has 1 fully saturated rings. The largest absolute Gasteiger partial charge is 0.497 e. The van der Waals surface area contributed by atoms with Crippen molar-refractivity contribution in [2.45, 2.75) is 19.8 Å². The van der Waals surface area contributed by atoms with Crippen LogP contribution in [0.3, 0.4) is 0 Å². The molecule has 126 valence electrons. The van der Waals surface area contributed by atoms with Crippen molar-refractivity contribution in [1.29, 1.82) is 0 Å². The highest BCUT2D eigenvalue weighted by Gasteiger charge is 2.16. The van der Waals surface area contributed by atoms with Gasteiger partial charge in [-0.25, -0.2) is 0 Å². The summed E-state index contributed by atoms with van der Waals surface area (Å²) in [6.07, 6.45) is 2.56. The lowest BCUT2D eigenvalue weighted by Crippen LogP contribution is -2.34. The summed E-state index contributed by atoms with van der Waals surface area (Å²) >= 11 is 0. The van der Waals surface area contributed by atoms with Gasteiger partial charge in [0.1, 0.15) is 5.75 Å². The maximum Gasteiger partial charge on any atom is 0.255 e. The molecule has 1 atom stereocenters. The number of methoxy groups -OCH3 is 1. The summed E-state index contributed by atoms with van der Waals surface area (Å²) in [6, 6.07) is 15.2. The molecule has 2 aromatic rings. The number of ether oxygens (including phenoxy) is 1. The van der Waals surface area contributed by atoms with Crippen molar-refractivity contribution in [1.82, 2.24) is 0 Å². The van der Waals surface area contributed by atoms with Gasteiger partial charge in [0.05, 0.1) is 7.11 Å². The Morgan fingerprint density at radius 2 is 1.83 bits per heavy atom. The lowest BCUT2D eigenvalue weighted by Gasteiger charge is -2.32. The van der Waals surface area contributed by atoms with Crippen LogP contribution in [0.25, 0.3) is 0 Å². The van der Waals surface area contributed by atoms with Crippen LogP contribution in [0.1, 0.15) is 30.1 Å². The van der Waals surface area contributed by atoms with Gasteiger partial charge in [0.2, 0.25) is 0 Å². The molecule has 3 rings (SSSR count). The monoisotopic (exact) mass is 324 g/mol. The number of anilines is 2. The molecule has 1 amide bonds. The smallest absolute Gasteiger partial charge is 0.255 e. The third kappa shape index (κ3) is 3.88. The number of hydrogen-bond acceptors (Lipinski definition) is 3. The van der Waals surface area contributed by atoms with E-state index in [0.29, 0.717) is 5.56 Å². The zero-order valence-electron chi connectivity index (χ0n) is 14.3. The average Bonchev–Trinajstić information content (AvgIpc) is 2.62. The number of carbonyl (C=O) groups excluding carboxylic acids is 1. The summed E-state index contributed by atoms with van der Waals surface area (Å²) in [6.45, 7) is 4.52. The van der Waals surface area contributed by atoms with Gasteiger partial charge in [-0.15, -0.1) is 0 Å². The molecular formula is C20H24N2O2. The van der Waals surface area contributed by atoms with E-state index < -0.39 is 0 Å². The minimum absolute atomic E-state index is 0.114. The Labute approximate surface area is 143 Å². The van der Waals surface area contributed by atoms with E-state index in [1.807, 2.05) is 12.1 Å². The van der Waals surface area contributed by atoms with Gasteiger partial charge < -0.3 is 15.0 Å². The van der Waals surface area contributed by atoms with Gasteiger partial charge in [0.15, 0.2) is 0 Å². The number of nitrogens with zero attached hydrogens (tertiary/aromatic N) is 1. The van der Waals surface area contributed by atoms with Gasteiger partial charge in [-0.1, -0.05) is 6.92 Å². The first-order chi connectivity index (χ1) is 11.7. The number of carbonyl (C=O) groups is 1. The predicted molar refractivity (Wildman–Crippen MR) is 98.0 cm³/mol. The standard InChI is InChI=1S/C20H24N2O2/c1-15-4-3-13-22(14-15)18-9-7-17(8-10-18)21-20(23)16-5-11-19(24-2)12-6-16/h5-12,15H,3-4,13-14H2,1-2H3,(H,21,23). The predicted octanol–water partition coefficient (Wildman–Crippen LogP) is 4.18. The molecule has 0 aromatic heterocycles. The zero-order valence-corrected chi connectivity index (χ0v) is 14.3. The molecule has 1 aliphatic heterocycles. The van der Waals surface area contributed by atoms with Gasteiger partial charge in [-0.3, -0.25) is 4.79 Å². The molecule has 0 aliphatic carbocycles. The van der Waals surface area contributed by atoms with E-state index in [0.717, 1.165) is 30.4 Å². The summed E-state index contributed by atoms with van der Waals surface area (Å²) in [5.74, 6) is 1.37. The summed E-state index contributed by atoms with van der Waals surface area (Å²) in [5.41, 5.74) is 2.65. The minimum atomic E-state index is -0.114. The average molecular weight is 324 g/mol. The van der Waals surface area contributed by atoms with E-state index >= 15 is 0 Å². The van der Waals surface area contributed by atoms with E-state index in [1.54, 1.807) is 31.4 Å². The molecule has 0 saturated carbocycles. The maximum atomic E-state index is 12.3. The van der Waals surface area contributed by atoms with Crippen molar-refractivity contribution in [2.24, 2.45) is 5.92 Å². The van der Waals surface area contributed by atoms with Gasteiger partial charge >= 0.3 is 0 Å². The van der Waals surface area contributed by atoms with Crippen LogP contribution in [-0.4, -0.2) is 26.1 Å². The number of hydrogen-bond donors (Lipinski definition) is 1. The van der Waals surface area contributed by atoms with Gasteiger partial charge in [-0.2, -0.15) is 0 Å². The SMILES string of the molecule is COc1ccc(C(=O)Nc2ccc(N3CCCC(C)C3)cc2)cc1. The van der Waals surface area contributed by atoms with E-state index in [-0.39, 0.29) is 5.91 Å². The highest BCUT2D eigenvalue weighted by atomic mass is 16.5. The fourth-order valence-corrected chi connectivity index (χ4v) is 3.13. The Balaban J connectivity index is 1.63. The zero-order chi connectivity index (χ0) is 16.9. The van der Waals surface area contributed by atoms with Gasteiger partial charge in [-0.05, 0) is 67.3 Å². The van der Waals surface area contributed by atoms with Crippen LogP contribution in [0.5, 0.6) is 5.75 Å². The molecule has 0 bridgehead atoms. The van der Waals surface area contributed by atoms with E-state index in [1.165, 1.54) is 18.5 Å². The fraction of sp³-hybridized carbons (Fsp3) is 0.350. The maximum absolute atomic E-state index is 12.3. The van der Waals surface area contributed by atoms with Crippen LogP contribution in [0.2, 0.25) is 0 Å². The summed E-state index contributed by atoms with van der Waals surface area (Å²) in [7, 11) is 1.61. The number of rotatable bonds is 4. The molecule has 1 N–H and O–H groups in total. The summed E-state index contributed by atoms with van der Waals surface area (Å²) < 4.78 is 5.11. The molecule has 0 spiro atoms. The molecule has 4 nitrogen and oxygen atoms in total. The van der Waals surface area contributed by atoms with Crippen LogP contribution in [0.15, 0.2) is 48.5 Å². The second-order valence-electron chi connectivity index (χ2n) is 6.42. The molecule has 1 aliphatic rings. The topological polar surface area (TPSA) is 41.6 Å². The Morgan fingerprint density at radius 3 is 2.46 bits per heavy atom. The highest BCUT2D eigenvalue weighted by Crippen LogP contribution is 2.24. The minimum Gasteiger partial charge on any atom is -0.497 e. The van der Waals surface area contributed by atoms with Crippen LogP contribution in [0, 0.1) is 5.92 Å². The number of nitrogens with one attached hydrogen (secondary N) is 1. The second-order valence-corrected chi connectivity index (χ2v) is 6.42. The molecule has 4 heteroatoms. The summed E-state index contributed by atoms with van der Waals surface area (Å²) in [5, 5.41) is 2.94. The molecule has 2 aromatic carbocycles. The van der Waals surface area contributed by atoms with Crippen molar-refractivity contribution >= 4 is 17.3 Å². The Morgan fingerprint density at radius 1 is 1.12 bits per heavy atom. The van der Waals surface area contributed by atoms with Crippen molar-refractivity contribution in [3.63, 3.8) is 0 Å². The lowest BCUT2D eigenvalue weighted by atomic mass is 10.00. The molecule has 1 heterocycles. The second kappa shape index (κ2) is 7.39. The highest BCUT2D eigenvalue weighted by molar-refractivity contribution is 6.04. The molecule has 1 unspecified atom stereocenters. The van der Waals surface area contributed by atoms with Crippen molar-refractivity contribution in [2.75, 3.05) is 30.4 Å². The first-order valence-corrected chi connectivity index (χ1v) is 8.46. The van der Waals surface area contributed by atoms with Crippen molar-refractivity contribution < 1.29 is 9.53 Å². The van der Waals surface area contributed by atoms with E-state index in [2.05, 4.69) is 29.3 Å². The fourth-order valence-electron chi connectivity index (χ4n) is 3.13.